The number of thioether (sulfide) groups is 1. The molecule has 2 heteroatoms. The van der Waals surface area contributed by atoms with E-state index in [1.807, 2.05) is 11.8 Å². The highest BCUT2D eigenvalue weighted by molar-refractivity contribution is 8.03. The van der Waals surface area contributed by atoms with Crippen molar-refractivity contribution < 1.29 is 0 Å². The third kappa shape index (κ3) is 0.966. The molecule has 1 nitrogen and oxygen atoms in total. The second-order valence-corrected chi connectivity index (χ2v) is 3.97. The fraction of sp³-hybridized carbons (Fsp3) is 0.500. The number of nitrogens with zero attached hydrogens (tertiary/aromatic N) is 1. The normalized spacial score (nSPS) is 23.9. The zero-order valence-electron chi connectivity index (χ0n) is 6.13. The van der Waals surface area contributed by atoms with Crippen molar-refractivity contribution >= 4 is 11.8 Å². The van der Waals surface area contributed by atoms with Gasteiger partial charge in [-0.1, -0.05) is 0 Å². The molecule has 0 radical (unpaired) electrons. The third-order valence-corrected chi connectivity index (χ3v) is 3.08. The van der Waals surface area contributed by atoms with Gasteiger partial charge in [0.25, 0.3) is 0 Å². The molecule has 2 aliphatic heterocycles. The van der Waals surface area contributed by atoms with E-state index in [4.69, 9.17) is 0 Å². The summed E-state index contributed by atoms with van der Waals surface area (Å²) in [5.41, 5.74) is 1.57. The van der Waals surface area contributed by atoms with Crippen LogP contribution in [0.1, 0.15) is 6.42 Å². The molecule has 54 valence electrons. The maximum atomic E-state index is 2.25. The minimum absolute atomic E-state index is 1.14. The van der Waals surface area contributed by atoms with Gasteiger partial charge in [-0.25, -0.2) is 0 Å². The van der Waals surface area contributed by atoms with Gasteiger partial charge in [-0.3, -0.25) is 0 Å². The zero-order chi connectivity index (χ0) is 6.97. The first kappa shape index (κ1) is 6.35. The first-order chi connectivity index (χ1) is 4.86. The summed E-state index contributed by atoms with van der Waals surface area (Å²) >= 11 is 2.02. The predicted molar refractivity (Wildman–Crippen MR) is 45.9 cm³/mol. The molecule has 0 unspecified atom stereocenters. The standard InChI is InChI=1S/C8H11NS/c1-9-4-2-7-3-5-10-8(7)6-9/h2,4H,3,5-6H2,1H3. The molecule has 0 aliphatic carbocycles. The smallest absolute Gasteiger partial charge is 0.0482 e. The SMILES string of the molecule is CN1C=CC2=C(C1)SCC2. The Labute approximate surface area is 65.8 Å². The maximum Gasteiger partial charge on any atom is 0.0482 e. The number of allylic oxidation sites excluding steroid dienone is 2. The van der Waals surface area contributed by atoms with Crippen LogP contribution in [-0.2, 0) is 0 Å². The van der Waals surface area contributed by atoms with Crippen LogP contribution in [-0.4, -0.2) is 24.2 Å². The van der Waals surface area contributed by atoms with Crippen molar-refractivity contribution in [2.24, 2.45) is 0 Å². The van der Waals surface area contributed by atoms with Crippen molar-refractivity contribution in [3.8, 4) is 0 Å². The van der Waals surface area contributed by atoms with Gasteiger partial charge in [0.2, 0.25) is 0 Å². The summed E-state index contributed by atoms with van der Waals surface area (Å²) in [6, 6.07) is 0. The van der Waals surface area contributed by atoms with Crippen LogP contribution in [0, 0.1) is 0 Å². The number of likely N-dealkylation sites (N-methyl/N-ethyl adjacent to an activating group) is 1. The molecule has 2 heterocycles. The van der Waals surface area contributed by atoms with E-state index in [9.17, 15) is 0 Å². The quantitative estimate of drug-likeness (QED) is 0.522. The fourth-order valence-electron chi connectivity index (χ4n) is 1.34. The Kier molecular flexibility index (Phi) is 1.49. The van der Waals surface area contributed by atoms with E-state index < -0.39 is 0 Å². The molecular formula is C8H11NS. The van der Waals surface area contributed by atoms with Gasteiger partial charge in [-0.15, -0.1) is 11.8 Å². The minimum Gasteiger partial charge on any atom is -0.376 e. The van der Waals surface area contributed by atoms with Gasteiger partial charge < -0.3 is 4.90 Å². The van der Waals surface area contributed by atoms with Crippen LogP contribution in [0.2, 0.25) is 0 Å². The van der Waals surface area contributed by atoms with Crippen molar-refractivity contribution in [1.82, 2.24) is 4.90 Å². The molecule has 0 saturated carbocycles. The van der Waals surface area contributed by atoms with Crippen LogP contribution in [0.15, 0.2) is 22.8 Å². The van der Waals surface area contributed by atoms with Crippen molar-refractivity contribution in [1.29, 1.82) is 0 Å². The van der Waals surface area contributed by atoms with Gasteiger partial charge in [0.05, 0.1) is 0 Å². The van der Waals surface area contributed by atoms with Gasteiger partial charge in [0.1, 0.15) is 0 Å². The van der Waals surface area contributed by atoms with Gasteiger partial charge in [0.15, 0.2) is 0 Å². The summed E-state index contributed by atoms with van der Waals surface area (Å²) in [6.07, 6.45) is 5.70. The van der Waals surface area contributed by atoms with E-state index in [-0.39, 0.29) is 0 Å². The highest BCUT2D eigenvalue weighted by Gasteiger charge is 2.16. The molecule has 0 bridgehead atoms. The summed E-state index contributed by atoms with van der Waals surface area (Å²) < 4.78 is 0. The summed E-state index contributed by atoms with van der Waals surface area (Å²) in [4.78, 5) is 3.82. The molecular weight excluding hydrogens is 142 g/mol. The van der Waals surface area contributed by atoms with E-state index in [2.05, 4.69) is 24.2 Å². The molecule has 0 saturated heterocycles. The van der Waals surface area contributed by atoms with Crippen LogP contribution in [0.3, 0.4) is 0 Å². The van der Waals surface area contributed by atoms with E-state index in [0.29, 0.717) is 0 Å². The van der Waals surface area contributed by atoms with E-state index in [0.717, 1.165) is 6.54 Å². The summed E-state index contributed by atoms with van der Waals surface area (Å²) in [6.45, 7) is 1.14. The van der Waals surface area contributed by atoms with Gasteiger partial charge in [-0.05, 0) is 24.3 Å². The Morgan fingerprint density at radius 3 is 3.40 bits per heavy atom. The van der Waals surface area contributed by atoms with Crippen molar-refractivity contribution in [3.05, 3.63) is 22.8 Å². The Bertz CT molecular complexity index is 205. The van der Waals surface area contributed by atoms with E-state index in [1.165, 1.54) is 12.2 Å². The average molecular weight is 153 g/mol. The first-order valence-corrected chi connectivity index (χ1v) is 4.58. The lowest BCUT2D eigenvalue weighted by Crippen LogP contribution is -2.15. The Balaban J connectivity index is 2.22. The maximum absolute atomic E-state index is 2.25. The predicted octanol–water partition coefficient (Wildman–Crippen LogP) is 1.84. The monoisotopic (exact) mass is 153 g/mol. The lowest BCUT2D eigenvalue weighted by molar-refractivity contribution is 0.498. The molecule has 0 N–H and O–H groups in total. The molecule has 0 fully saturated rings. The van der Waals surface area contributed by atoms with Crippen molar-refractivity contribution in [2.45, 2.75) is 6.42 Å². The highest BCUT2D eigenvalue weighted by atomic mass is 32.2. The lowest BCUT2D eigenvalue weighted by Gasteiger charge is -2.18. The second-order valence-electron chi connectivity index (χ2n) is 2.78. The third-order valence-electron chi connectivity index (χ3n) is 1.93. The van der Waals surface area contributed by atoms with Crippen molar-refractivity contribution in [3.63, 3.8) is 0 Å². The number of hydrogen-bond donors (Lipinski definition) is 0. The van der Waals surface area contributed by atoms with Crippen LogP contribution in [0.25, 0.3) is 0 Å². The highest BCUT2D eigenvalue weighted by Crippen LogP contribution is 2.34. The van der Waals surface area contributed by atoms with Crippen LogP contribution in [0.5, 0.6) is 0 Å². The van der Waals surface area contributed by atoms with E-state index >= 15 is 0 Å². The second kappa shape index (κ2) is 2.35. The molecule has 2 aliphatic rings. The molecule has 10 heavy (non-hydrogen) atoms. The number of rotatable bonds is 0. The summed E-state index contributed by atoms with van der Waals surface area (Å²) in [5.74, 6) is 1.29. The summed E-state index contributed by atoms with van der Waals surface area (Å²) in [5, 5.41) is 0. The fourth-order valence-corrected chi connectivity index (χ4v) is 2.56. The summed E-state index contributed by atoms with van der Waals surface area (Å²) in [7, 11) is 2.12. The van der Waals surface area contributed by atoms with Gasteiger partial charge in [-0.2, -0.15) is 0 Å². The van der Waals surface area contributed by atoms with Gasteiger partial charge in [0, 0.05) is 24.3 Å². The molecule has 0 aromatic rings. The first-order valence-electron chi connectivity index (χ1n) is 3.59. The minimum atomic E-state index is 1.14. The molecule has 2 rings (SSSR count). The molecule has 0 spiro atoms. The Morgan fingerprint density at radius 2 is 2.50 bits per heavy atom. The van der Waals surface area contributed by atoms with Crippen LogP contribution >= 0.6 is 11.8 Å². The van der Waals surface area contributed by atoms with Gasteiger partial charge >= 0.3 is 0 Å². The molecule has 0 aromatic carbocycles. The van der Waals surface area contributed by atoms with Crippen molar-refractivity contribution in [2.75, 3.05) is 19.3 Å². The Hall–Kier alpha value is -0.370. The molecule has 0 amide bonds. The number of hydrogen-bond acceptors (Lipinski definition) is 2. The topological polar surface area (TPSA) is 3.24 Å². The average Bonchev–Trinajstić information content (AvgIpc) is 2.33. The van der Waals surface area contributed by atoms with Crippen LogP contribution < -0.4 is 0 Å². The molecule has 0 aromatic heterocycles. The largest absolute Gasteiger partial charge is 0.376 e. The zero-order valence-corrected chi connectivity index (χ0v) is 6.95. The molecule has 0 atom stereocenters. The Morgan fingerprint density at radius 1 is 1.60 bits per heavy atom. The lowest BCUT2D eigenvalue weighted by atomic mass is 10.1. The van der Waals surface area contributed by atoms with E-state index in [1.54, 1.807) is 10.5 Å². The van der Waals surface area contributed by atoms with Crippen LogP contribution in [0.4, 0.5) is 0 Å².